The Hall–Kier alpha value is -0.570. The van der Waals surface area contributed by atoms with Gasteiger partial charge in [0.25, 0.3) is 0 Å². The summed E-state index contributed by atoms with van der Waals surface area (Å²) in [7, 11) is 0. The molecule has 0 aromatic heterocycles. The molecule has 1 aliphatic carbocycles. The maximum atomic E-state index is 12.5. The van der Waals surface area contributed by atoms with Gasteiger partial charge in [-0.05, 0) is 56.5 Å². The van der Waals surface area contributed by atoms with Crippen LogP contribution >= 0.6 is 0 Å². The summed E-state index contributed by atoms with van der Waals surface area (Å²) in [6.45, 7) is 9.44. The van der Waals surface area contributed by atoms with Crippen molar-refractivity contribution in [2.45, 2.75) is 59.3 Å². The number of hydrogen-bond acceptors (Lipinski definition) is 2. The van der Waals surface area contributed by atoms with E-state index >= 15 is 0 Å². The molecule has 3 nitrogen and oxygen atoms in total. The first kappa shape index (κ1) is 14.8. The predicted octanol–water partition coefficient (Wildman–Crippen LogP) is 2.71. The average molecular weight is 266 g/mol. The quantitative estimate of drug-likeness (QED) is 0.776. The van der Waals surface area contributed by atoms with Crippen molar-refractivity contribution in [3.63, 3.8) is 0 Å². The lowest BCUT2D eigenvalue weighted by Gasteiger charge is -2.36. The molecule has 1 atom stereocenters. The van der Waals surface area contributed by atoms with Crippen molar-refractivity contribution >= 4 is 5.91 Å². The van der Waals surface area contributed by atoms with Crippen LogP contribution in [0.25, 0.3) is 0 Å². The Labute approximate surface area is 117 Å². The van der Waals surface area contributed by atoms with Crippen molar-refractivity contribution in [2.75, 3.05) is 19.6 Å². The molecule has 2 aliphatic rings. The van der Waals surface area contributed by atoms with Gasteiger partial charge in [-0.1, -0.05) is 27.2 Å². The Morgan fingerprint density at radius 3 is 2.68 bits per heavy atom. The van der Waals surface area contributed by atoms with E-state index in [4.69, 9.17) is 0 Å². The number of nitrogens with one attached hydrogen (secondary N) is 2. The molecule has 3 heteroatoms. The topological polar surface area (TPSA) is 41.1 Å². The maximum Gasteiger partial charge on any atom is 0.226 e. The lowest BCUT2D eigenvalue weighted by molar-refractivity contribution is -0.132. The van der Waals surface area contributed by atoms with Gasteiger partial charge in [0.2, 0.25) is 5.91 Å². The van der Waals surface area contributed by atoms with Crippen LogP contribution in [-0.4, -0.2) is 25.5 Å². The second kappa shape index (κ2) is 5.82. The van der Waals surface area contributed by atoms with E-state index in [0.29, 0.717) is 11.3 Å². The second-order valence-electron chi connectivity index (χ2n) is 7.20. The first-order valence-electron chi connectivity index (χ1n) is 7.99. The molecule has 0 bridgehead atoms. The maximum absolute atomic E-state index is 12.5. The van der Waals surface area contributed by atoms with E-state index in [0.717, 1.165) is 19.6 Å². The van der Waals surface area contributed by atoms with E-state index in [1.54, 1.807) is 0 Å². The van der Waals surface area contributed by atoms with Gasteiger partial charge in [-0.3, -0.25) is 4.79 Å². The number of amides is 1. The van der Waals surface area contributed by atoms with Crippen LogP contribution < -0.4 is 10.6 Å². The van der Waals surface area contributed by atoms with Gasteiger partial charge < -0.3 is 10.6 Å². The smallest absolute Gasteiger partial charge is 0.226 e. The summed E-state index contributed by atoms with van der Waals surface area (Å²) >= 11 is 0. The molecule has 1 unspecified atom stereocenters. The molecule has 0 radical (unpaired) electrons. The summed E-state index contributed by atoms with van der Waals surface area (Å²) in [6, 6.07) is 0. The Morgan fingerprint density at radius 1 is 1.42 bits per heavy atom. The average Bonchev–Trinajstić information content (AvgIpc) is 3.17. The van der Waals surface area contributed by atoms with Crippen LogP contribution in [0.3, 0.4) is 0 Å². The molecule has 1 heterocycles. The van der Waals surface area contributed by atoms with Crippen molar-refractivity contribution in [2.24, 2.45) is 16.7 Å². The van der Waals surface area contributed by atoms with Crippen LogP contribution in [0.5, 0.6) is 0 Å². The number of carbonyl (C=O) groups excluding carboxylic acids is 1. The van der Waals surface area contributed by atoms with Crippen LogP contribution in [-0.2, 0) is 4.79 Å². The third-order valence-corrected chi connectivity index (χ3v) is 5.26. The number of hydrogen-bond donors (Lipinski definition) is 2. The highest BCUT2D eigenvalue weighted by atomic mass is 16.2. The van der Waals surface area contributed by atoms with Gasteiger partial charge in [-0.25, -0.2) is 0 Å². The zero-order valence-electron chi connectivity index (χ0n) is 12.8. The standard InChI is InChI=1S/C16H30N2O/c1-4-7-16(8-9-16)12-18-14(19)15(2,3)13-6-5-10-17-11-13/h13,17H,4-12H2,1-3H3,(H,18,19). The summed E-state index contributed by atoms with van der Waals surface area (Å²) in [5.41, 5.74) is 0.209. The van der Waals surface area contributed by atoms with Crippen molar-refractivity contribution in [1.82, 2.24) is 10.6 Å². The molecule has 19 heavy (non-hydrogen) atoms. The second-order valence-corrected chi connectivity index (χ2v) is 7.20. The highest BCUT2D eigenvalue weighted by Crippen LogP contribution is 2.49. The fraction of sp³-hybridized carbons (Fsp3) is 0.938. The normalized spacial score (nSPS) is 25.9. The summed E-state index contributed by atoms with van der Waals surface area (Å²) in [5.74, 6) is 0.728. The highest BCUT2D eigenvalue weighted by Gasteiger charge is 2.43. The molecule has 0 aromatic rings. The van der Waals surface area contributed by atoms with Crippen LogP contribution in [0.2, 0.25) is 0 Å². The molecule has 2 fully saturated rings. The van der Waals surface area contributed by atoms with E-state index in [1.165, 1.54) is 38.5 Å². The minimum atomic E-state index is -0.240. The molecular formula is C16H30N2O. The van der Waals surface area contributed by atoms with E-state index in [-0.39, 0.29) is 11.3 Å². The Balaban J connectivity index is 1.84. The van der Waals surface area contributed by atoms with Crippen molar-refractivity contribution in [3.05, 3.63) is 0 Å². The third kappa shape index (κ3) is 3.50. The number of rotatable bonds is 6. The van der Waals surface area contributed by atoms with Crippen LogP contribution in [0.15, 0.2) is 0 Å². The van der Waals surface area contributed by atoms with Gasteiger partial charge in [-0.15, -0.1) is 0 Å². The fourth-order valence-electron chi connectivity index (χ4n) is 3.37. The third-order valence-electron chi connectivity index (χ3n) is 5.26. The van der Waals surface area contributed by atoms with Gasteiger partial charge in [0.15, 0.2) is 0 Å². The Bertz CT molecular complexity index is 315. The van der Waals surface area contributed by atoms with Gasteiger partial charge in [0.1, 0.15) is 0 Å². The number of piperidine rings is 1. The monoisotopic (exact) mass is 266 g/mol. The summed E-state index contributed by atoms with van der Waals surface area (Å²) in [5, 5.41) is 6.66. The molecule has 1 aliphatic heterocycles. The minimum Gasteiger partial charge on any atom is -0.355 e. The molecule has 110 valence electrons. The van der Waals surface area contributed by atoms with Gasteiger partial charge >= 0.3 is 0 Å². The summed E-state index contributed by atoms with van der Waals surface area (Å²) < 4.78 is 0. The van der Waals surface area contributed by atoms with E-state index in [9.17, 15) is 4.79 Å². The zero-order valence-corrected chi connectivity index (χ0v) is 12.8. The van der Waals surface area contributed by atoms with Crippen LogP contribution in [0.1, 0.15) is 59.3 Å². The molecular weight excluding hydrogens is 236 g/mol. The van der Waals surface area contributed by atoms with Gasteiger partial charge in [0.05, 0.1) is 0 Å². The molecule has 2 N–H and O–H groups in total. The minimum absolute atomic E-state index is 0.240. The highest BCUT2D eigenvalue weighted by molar-refractivity contribution is 5.82. The number of carbonyl (C=O) groups is 1. The Morgan fingerprint density at radius 2 is 2.16 bits per heavy atom. The molecule has 2 rings (SSSR count). The van der Waals surface area contributed by atoms with E-state index in [2.05, 4.69) is 31.4 Å². The first-order chi connectivity index (χ1) is 9.00. The first-order valence-corrected chi connectivity index (χ1v) is 7.99. The van der Waals surface area contributed by atoms with E-state index < -0.39 is 0 Å². The van der Waals surface area contributed by atoms with Crippen molar-refractivity contribution < 1.29 is 4.79 Å². The summed E-state index contributed by atoms with van der Waals surface area (Å²) in [6.07, 6.45) is 7.46. The molecule has 1 saturated heterocycles. The summed E-state index contributed by atoms with van der Waals surface area (Å²) in [4.78, 5) is 12.5. The lowest BCUT2D eigenvalue weighted by atomic mass is 9.74. The zero-order chi connectivity index (χ0) is 13.9. The SMILES string of the molecule is CCCC1(CNC(=O)C(C)(C)C2CCCNC2)CC1. The molecule has 0 aromatic carbocycles. The predicted molar refractivity (Wildman–Crippen MR) is 79.0 cm³/mol. The van der Waals surface area contributed by atoms with Crippen molar-refractivity contribution in [1.29, 1.82) is 0 Å². The molecule has 1 amide bonds. The fourth-order valence-corrected chi connectivity index (χ4v) is 3.37. The van der Waals surface area contributed by atoms with E-state index in [1.807, 2.05) is 0 Å². The van der Waals surface area contributed by atoms with Gasteiger partial charge in [-0.2, -0.15) is 0 Å². The molecule has 0 spiro atoms. The van der Waals surface area contributed by atoms with Gasteiger partial charge in [0, 0.05) is 12.0 Å². The van der Waals surface area contributed by atoms with Crippen LogP contribution in [0.4, 0.5) is 0 Å². The largest absolute Gasteiger partial charge is 0.355 e. The van der Waals surface area contributed by atoms with Crippen molar-refractivity contribution in [3.8, 4) is 0 Å². The lowest BCUT2D eigenvalue weighted by Crippen LogP contribution is -2.48. The van der Waals surface area contributed by atoms with Crippen LogP contribution in [0, 0.1) is 16.7 Å². The molecule has 1 saturated carbocycles. The Kier molecular flexibility index (Phi) is 4.54.